The van der Waals surface area contributed by atoms with Crippen LogP contribution in [-0.4, -0.2) is 12.6 Å². The third-order valence-electron chi connectivity index (χ3n) is 4.48. The zero-order chi connectivity index (χ0) is 17.6. The number of rotatable bonds is 7. The van der Waals surface area contributed by atoms with E-state index in [2.05, 4.69) is 6.92 Å². The predicted octanol–water partition coefficient (Wildman–Crippen LogP) is 4.87. The van der Waals surface area contributed by atoms with Crippen LogP contribution < -0.4 is 4.74 Å². The van der Waals surface area contributed by atoms with Crippen LogP contribution >= 0.6 is 0 Å². The van der Waals surface area contributed by atoms with Crippen molar-refractivity contribution in [1.29, 1.82) is 0 Å². The Labute approximate surface area is 149 Å². The van der Waals surface area contributed by atoms with Crippen molar-refractivity contribution in [2.45, 2.75) is 26.9 Å². The number of carbonyl (C=O) groups is 1. The predicted molar refractivity (Wildman–Crippen MR) is 99.1 cm³/mol. The molecule has 0 radical (unpaired) electrons. The molecule has 1 aliphatic carbocycles. The lowest BCUT2D eigenvalue weighted by Gasteiger charge is -2.11. The Bertz CT molecular complexity index is 749. The highest BCUT2D eigenvalue weighted by atomic mass is 16.5. The van der Waals surface area contributed by atoms with Gasteiger partial charge in [0.2, 0.25) is 0 Å². The summed E-state index contributed by atoms with van der Waals surface area (Å²) in [4.78, 5) is 11.9. The van der Waals surface area contributed by atoms with Crippen molar-refractivity contribution in [2.75, 3.05) is 6.61 Å². The lowest BCUT2D eigenvalue weighted by atomic mass is 9.99. The molecule has 2 atom stereocenters. The number of hydrogen-bond donors (Lipinski definition) is 0. The number of hydrogen-bond acceptors (Lipinski definition) is 3. The van der Waals surface area contributed by atoms with Crippen molar-refractivity contribution >= 4 is 11.5 Å². The normalized spacial score (nSPS) is 19.4. The second-order valence-electron chi connectivity index (χ2n) is 6.47. The van der Waals surface area contributed by atoms with Crippen LogP contribution in [0.15, 0.2) is 60.7 Å². The van der Waals surface area contributed by atoms with Crippen molar-refractivity contribution in [3.05, 3.63) is 71.8 Å². The summed E-state index contributed by atoms with van der Waals surface area (Å²) in [7, 11) is 0. The molecule has 0 amide bonds. The molecule has 1 saturated carbocycles. The zero-order valence-corrected chi connectivity index (χ0v) is 14.8. The van der Waals surface area contributed by atoms with Crippen molar-refractivity contribution in [3.8, 4) is 5.75 Å². The molecule has 0 aromatic heterocycles. The number of ether oxygens (including phenoxy) is 2. The van der Waals surface area contributed by atoms with Gasteiger partial charge in [0.1, 0.15) is 12.4 Å². The van der Waals surface area contributed by atoms with Crippen LogP contribution in [0.1, 0.15) is 31.4 Å². The van der Waals surface area contributed by atoms with Gasteiger partial charge in [0.05, 0.1) is 6.61 Å². The Balaban J connectivity index is 1.77. The van der Waals surface area contributed by atoms with Gasteiger partial charge in [0, 0.05) is 6.08 Å². The van der Waals surface area contributed by atoms with Crippen LogP contribution in [0.4, 0.5) is 0 Å². The molecule has 1 aliphatic rings. The highest BCUT2D eigenvalue weighted by Gasteiger charge is 2.36. The SMILES string of the molecule is CCOC(=O)/C=C(/c1cccc(OCc2ccccc2)c1)[C@H]1C[C@@H]1C. The van der Waals surface area contributed by atoms with E-state index >= 15 is 0 Å². The largest absolute Gasteiger partial charge is 0.489 e. The first-order chi connectivity index (χ1) is 12.2. The average Bonchev–Trinajstić information content (AvgIpc) is 3.35. The monoisotopic (exact) mass is 336 g/mol. The summed E-state index contributed by atoms with van der Waals surface area (Å²) in [6.07, 6.45) is 2.76. The van der Waals surface area contributed by atoms with Crippen molar-refractivity contribution in [3.63, 3.8) is 0 Å². The first-order valence-corrected chi connectivity index (χ1v) is 8.83. The summed E-state index contributed by atoms with van der Waals surface area (Å²) in [5, 5.41) is 0. The molecule has 130 valence electrons. The minimum absolute atomic E-state index is 0.271. The van der Waals surface area contributed by atoms with Gasteiger partial charge in [-0.1, -0.05) is 49.4 Å². The lowest BCUT2D eigenvalue weighted by molar-refractivity contribution is -0.137. The molecule has 2 aromatic rings. The fourth-order valence-electron chi connectivity index (χ4n) is 2.98. The Hall–Kier alpha value is -2.55. The van der Waals surface area contributed by atoms with E-state index in [-0.39, 0.29) is 5.97 Å². The van der Waals surface area contributed by atoms with Gasteiger partial charge in [-0.15, -0.1) is 0 Å². The molecule has 0 heterocycles. The standard InChI is InChI=1S/C22H24O3/c1-3-24-22(23)14-21(20-12-16(20)2)18-10-7-11-19(13-18)25-15-17-8-5-4-6-9-17/h4-11,13-14,16,20H,3,12,15H2,1-2H3/b21-14-/t16-,20-/m0/s1. The summed E-state index contributed by atoms with van der Waals surface area (Å²) in [6, 6.07) is 18.1. The number of esters is 1. The molecule has 1 fully saturated rings. The molecule has 0 bridgehead atoms. The van der Waals surface area contributed by atoms with Crippen molar-refractivity contribution in [2.24, 2.45) is 11.8 Å². The van der Waals surface area contributed by atoms with Crippen LogP contribution in [0.2, 0.25) is 0 Å². The summed E-state index contributed by atoms with van der Waals surface area (Å²) < 4.78 is 11.0. The van der Waals surface area contributed by atoms with Gasteiger partial charge < -0.3 is 9.47 Å². The highest BCUT2D eigenvalue weighted by molar-refractivity contribution is 5.92. The van der Waals surface area contributed by atoms with Gasteiger partial charge >= 0.3 is 5.97 Å². The maximum atomic E-state index is 11.9. The smallest absolute Gasteiger partial charge is 0.331 e. The van der Waals surface area contributed by atoms with Gasteiger partial charge in [-0.25, -0.2) is 4.79 Å². The molecular weight excluding hydrogens is 312 g/mol. The Kier molecular flexibility index (Phi) is 5.54. The molecule has 2 aromatic carbocycles. The molecule has 0 unspecified atom stereocenters. The van der Waals surface area contributed by atoms with E-state index in [4.69, 9.17) is 9.47 Å². The molecular formula is C22H24O3. The molecule has 3 heteroatoms. The molecule has 3 rings (SSSR count). The van der Waals surface area contributed by atoms with E-state index in [1.807, 2.05) is 61.5 Å². The summed E-state index contributed by atoms with van der Waals surface area (Å²) in [5.74, 6) is 1.57. The Morgan fingerprint density at radius 2 is 1.92 bits per heavy atom. The summed E-state index contributed by atoms with van der Waals surface area (Å²) in [6.45, 7) is 4.95. The fourth-order valence-corrected chi connectivity index (χ4v) is 2.98. The zero-order valence-electron chi connectivity index (χ0n) is 14.8. The Morgan fingerprint density at radius 1 is 1.16 bits per heavy atom. The molecule has 0 spiro atoms. The minimum atomic E-state index is -0.271. The van der Waals surface area contributed by atoms with Crippen LogP contribution in [0, 0.1) is 11.8 Å². The molecule has 0 aliphatic heterocycles. The van der Waals surface area contributed by atoms with Gasteiger partial charge in [-0.2, -0.15) is 0 Å². The van der Waals surface area contributed by atoms with Crippen LogP contribution in [-0.2, 0) is 16.1 Å². The van der Waals surface area contributed by atoms with Crippen LogP contribution in [0.5, 0.6) is 5.75 Å². The van der Waals surface area contributed by atoms with Crippen molar-refractivity contribution < 1.29 is 14.3 Å². The molecule has 3 nitrogen and oxygen atoms in total. The van der Waals surface area contributed by atoms with E-state index in [0.717, 1.165) is 28.9 Å². The second kappa shape index (κ2) is 8.02. The van der Waals surface area contributed by atoms with Gasteiger partial charge in [0.25, 0.3) is 0 Å². The van der Waals surface area contributed by atoms with E-state index in [1.165, 1.54) is 0 Å². The first kappa shape index (κ1) is 17.3. The summed E-state index contributed by atoms with van der Waals surface area (Å²) >= 11 is 0. The minimum Gasteiger partial charge on any atom is -0.489 e. The first-order valence-electron chi connectivity index (χ1n) is 8.83. The van der Waals surface area contributed by atoms with E-state index in [0.29, 0.717) is 25.0 Å². The van der Waals surface area contributed by atoms with Crippen LogP contribution in [0.3, 0.4) is 0 Å². The van der Waals surface area contributed by atoms with E-state index in [1.54, 1.807) is 6.08 Å². The summed E-state index contributed by atoms with van der Waals surface area (Å²) in [5.41, 5.74) is 3.22. The third-order valence-corrected chi connectivity index (χ3v) is 4.48. The van der Waals surface area contributed by atoms with Gasteiger partial charge in [-0.05, 0) is 54.0 Å². The molecule has 25 heavy (non-hydrogen) atoms. The molecule has 0 saturated heterocycles. The van der Waals surface area contributed by atoms with Gasteiger partial charge in [0.15, 0.2) is 0 Å². The highest BCUT2D eigenvalue weighted by Crippen LogP contribution is 2.48. The fraction of sp³-hybridized carbons (Fsp3) is 0.318. The van der Waals surface area contributed by atoms with Gasteiger partial charge in [-0.3, -0.25) is 0 Å². The van der Waals surface area contributed by atoms with E-state index < -0.39 is 0 Å². The third kappa shape index (κ3) is 4.72. The number of allylic oxidation sites excluding steroid dienone is 1. The van der Waals surface area contributed by atoms with Crippen molar-refractivity contribution in [1.82, 2.24) is 0 Å². The molecule has 0 N–H and O–H groups in total. The maximum Gasteiger partial charge on any atom is 0.331 e. The number of carbonyl (C=O) groups excluding carboxylic acids is 1. The lowest BCUT2D eigenvalue weighted by Crippen LogP contribution is -2.02. The number of benzene rings is 2. The maximum absolute atomic E-state index is 11.9. The van der Waals surface area contributed by atoms with Crippen LogP contribution in [0.25, 0.3) is 5.57 Å². The Morgan fingerprint density at radius 3 is 2.60 bits per heavy atom. The average molecular weight is 336 g/mol. The second-order valence-corrected chi connectivity index (χ2v) is 6.47. The quantitative estimate of drug-likeness (QED) is 0.534. The van der Waals surface area contributed by atoms with E-state index in [9.17, 15) is 4.79 Å². The topological polar surface area (TPSA) is 35.5 Å².